The smallest absolute Gasteiger partial charge is 0.227 e. The van der Waals surface area contributed by atoms with E-state index >= 15 is 4.39 Å². The summed E-state index contributed by atoms with van der Waals surface area (Å²) in [6.45, 7) is 9.85. The molecule has 6 nitrogen and oxygen atoms in total. The number of hydrogen-bond donors (Lipinski definition) is 1. The molecule has 1 saturated heterocycles. The van der Waals surface area contributed by atoms with Crippen molar-refractivity contribution in [1.29, 1.82) is 0 Å². The van der Waals surface area contributed by atoms with Crippen LogP contribution < -0.4 is 15.0 Å². The van der Waals surface area contributed by atoms with Crippen molar-refractivity contribution < 1.29 is 17.9 Å². The van der Waals surface area contributed by atoms with Crippen LogP contribution in [-0.4, -0.2) is 53.2 Å². The molecule has 2 aliphatic rings. The van der Waals surface area contributed by atoms with E-state index in [1.807, 2.05) is 27.7 Å². The number of ether oxygens (including phenoxy) is 1. The highest BCUT2D eigenvalue weighted by Crippen LogP contribution is 2.42. The standard InChI is InChI=1S/C29H34F3N5O/c1-16(2)37-17(3)18(4)38-28-24(31)12-20(13-26(28)37)27-25(32)15-33-29(35-27)34-21-6-7-22(23(30)14-21)19-8-10-36(5)11-9-19/h6-7,12-19H,8-11H2,1-5H3,(H,33,34,35). The van der Waals surface area contributed by atoms with E-state index in [-0.39, 0.29) is 52.9 Å². The average Bonchev–Trinajstić information content (AvgIpc) is 2.87. The lowest BCUT2D eigenvalue weighted by atomic mass is 9.89. The molecule has 2 aliphatic heterocycles. The molecular weight excluding hydrogens is 491 g/mol. The van der Waals surface area contributed by atoms with Crippen LogP contribution in [0.15, 0.2) is 36.5 Å². The maximum absolute atomic E-state index is 15.2. The molecule has 2 unspecified atom stereocenters. The average molecular weight is 526 g/mol. The van der Waals surface area contributed by atoms with E-state index in [0.717, 1.165) is 32.1 Å². The van der Waals surface area contributed by atoms with Crippen LogP contribution in [0.2, 0.25) is 0 Å². The molecule has 3 heterocycles. The molecule has 5 rings (SSSR count). The summed E-state index contributed by atoms with van der Waals surface area (Å²) in [4.78, 5) is 12.7. The van der Waals surface area contributed by atoms with Gasteiger partial charge in [0.25, 0.3) is 0 Å². The molecule has 38 heavy (non-hydrogen) atoms. The second kappa shape index (κ2) is 10.4. The Morgan fingerprint density at radius 1 is 1.00 bits per heavy atom. The first kappa shape index (κ1) is 26.3. The first-order valence-electron chi connectivity index (χ1n) is 13.2. The van der Waals surface area contributed by atoms with Crippen molar-refractivity contribution in [2.45, 2.75) is 64.6 Å². The number of nitrogens with one attached hydrogen (secondary N) is 1. The normalized spacial score (nSPS) is 20.4. The van der Waals surface area contributed by atoms with Crippen LogP contribution in [0.25, 0.3) is 11.3 Å². The summed E-state index contributed by atoms with van der Waals surface area (Å²) in [6.07, 6.45) is 2.66. The Morgan fingerprint density at radius 3 is 2.42 bits per heavy atom. The van der Waals surface area contributed by atoms with Crippen molar-refractivity contribution in [3.05, 3.63) is 59.5 Å². The van der Waals surface area contributed by atoms with E-state index in [1.165, 1.54) is 12.1 Å². The van der Waals surface area contributed by atoms with Crippen molar-refractivity contribution in [2.24, 2.45) is 0 Å². The summed E-state index contributed by atoms with van der Waals surface area (Å²) < 4.78 is 51.0. The van der Waals surface area contributed by atoms with Gasteiger partial charge in [0.1, 0.15) is 17.6 Å². The van der Waals surface area contributed by atoms with Crippen LogP contribution in [0.4, 0.5) is 30.5 Å². The van der Waals surface area contributed by atoms with Gasteiger partial charge in [0.2, 0.25) is 5.95 Å². The van der Waals surface area contributed by atoms with E-state index in [9.17, 15) is 8.78 Å². The second-order valence-electron chi connectivity index (χ2n) is 10.7. The molecule has 3 aromatic rings. The van der Waals surface area contributed by atoms with Gasteiger partial charge in [-0.1, -0.05) is 6.07 Å². The maximum atomic E-state index is 15.2. The third-order valence-electron chi connectivity index (χ3n) is 7.71. The predicted molar refractivity (Wildman–Crippen MR) is 144 cm³/mol. The summed E-state index contributed by atoms with van der Waals surface area (Å²) >= 11 is 0. The van der Waals surface area contributed by atoms with Crippen LogP contribution in [0, 0.1) is 17.5 Å². The Bertz CT molecular complexity index is 1330. The second-order valence-corrected chi connectivity index (χ2v) is 10.7. The molecule has 1 aromatic heterocycles. The van der Waals surface area contributed by atoms with Gasteiger partial charge in [0, 0.05) is 17.3 Å². The van der Waals surface area contributed by atoms with Gasteiger partial charge < -0.3 is 19.9 Å². The quantitative estimate of drug-likeness (QED) is 0.411. The van der Waals surface area contributed by atoms with Gasteiger partial charge in [-0.05, 0) is 96.4 Å². The molecule has 0 radical (unpaired) electrons. The number of fused-ring (bicyclic) bond motifs is 1. The van der Waals surface area contributed by atoms with Gasteiger partial charge in [-0.2, -0.15) is 0 Å². The first-order valence-corrected chi connectivity index (χ1v) is 13.2. The zero-order valence-corrected chi connectivity index (χ0v) is 22.4. The summed E-state index contributed by atoms with van der Waals surface area (Å²) in [6, 6.07) is 7.99. The van der Waals surface area contributed by atoms with Gasteiger partial charge in [0.05, 0.1) is 17.9 Å². The third kappa shape index (κ3) is 5.04. The fourth-order valence-corrected chi connectivity index (χ4v) is 5.52. The Balaban J connectivity index is 1.44. The highest BCUT2D eigenvalue weighted by molar-refractivity contribution is 5.73. The fraction of sp³-hybridized carbons (Fsp3) is 0.448. The number of benzene rings is 2. The molecule has 0 bridgehead atoms. The van der Waals surface area contributed by atoms with Crippen molar-refractivity contribution in [3.8, 4) is 17.0 Å². The molecule has 1 fully saturated rings. The molecule has 0 spiro atoms. The number of halogens is 3. The number of hydrogen-bond acceptors (Lipinski definition) is 6. The van der Waals surface area contributed by atoms with Crippen LogP contribution in [0.5, 0.6) is 5.75 Å². The van der Waals surface area contributed by atoms with E-state index in [2.05, 4.69) is 32.1 Å². The SMILES string of the molecule is CC1Oc2c(F)cc(-c3nc(Nc4ccc(C5CCN(C)CC5)c(F)c4)ncc3F)cc2N(C(C)C)C1C. The summed E-state index contributed by atoms with van der Waals surface area (Å²) in [5.41, 5.74) is 1.93. The van der Waals surface area contributed by atoms with E-state index in [0.29, 0.717) is 16.9 Å². The lowest BCUT2D eigenvalue weighted by Gasteiger charge is -2.43. The molecule has 202 valence electrons. The molecular formula is C29H34F3N5O. The molecule has 9 heteroatoms. The number of nitrogens with zero attached hydrogens (tertiary/aromatic N) is 4. The number of piperidine rings is 1. The van der Waals surface area contributed by atoms with E-state index < -0.39 is 11.6 Å². The summed E-state index contributed by atoms with van der Waals surface area (Å²) in [5.74, 6) is -1.13. The van der Waals surface area contributed by atoms with Gasteiger partial charge in [-0.25, -0.2) is 23.1 Å². The first-order chi connectivity index (χ1) is 18.1. The topological polar surface area (TPSA) is 53.5 Å². The van der Waals surface area contributed by atoms with Crippen LogP contribution in [0.1, 0.15) is 52.0 Å². The zero-order chi connectivity index (χ0) is 27.1. The summed E-state index contributed by atoms with van der Waals surface area (Å²) in [7, 11) is 2.07. The van der Waals surface area contributed by atoms with Gasteiger partial charge in [-0.3, -0.25) is 0 Å². The van der Waals surface area contributed by atoms with Crippen molar-refractivity contribution in [1.82, 2.24) is 14.9 Å². The zero-order valence-electron chi connectivity index (χ0n) is 22.4. The molecule has 0 saturated carbocycles. The largest absolute Gasteiger partial charge is 0.483 e. The van der Waals surface area contributed by atoms with Gasteiger partial charge >= 0.3 is 0 Å². The lowest BCUT2D eigenvalue weighted by Crippen LogP contribution is -2.50. The van der Waals surface area contributed by atoms with Crippen molar-refractivity contribution in [2.75, 3.05) is 30.4 Å². The Labute approximate surface area is 221 Å². The monoisotopic (exact) mass is 525 g/mol. The summed E-state index contributed by atoms with van der Waals surface area (Å²) in [5, 5.41) is 2.97. The molecule has 1 N–H and O–H groups in total. The molecule has 2 atom stereocenters. The Morgan fingerprint density at radius 2 is 1.74 bits per heavy atom. The Hall–Kier alpha value is -3.33. The van der Waals surface area contributed by atoms with Gasteiger partial charge in [-0.15, -0.1) is 0 Å². The minimum Gasteiger partial charge on any atom is -0.483 e. The highest BCUT2D eigenvalue weighted by atomic mass is 19.1. The number of rotatable bonds is 5. The Kier molecular flexibility index (Phi) is 7.22. The van der Waals surface area contributed by atoms with Crippen molar-refractivity contribution in [3.63, 3.8) is 0 Å². The minimum atomic E-state index is -0.687. The van der Waals surface area contributed by atoms with Gasteiger partial charge in [0.15, 0.2) is 17.4 Å². The third-order valence-corrected chi connectivity index (χ3v) is 7.71. The molecule has 0 aliphatic carbocycles. The number of anilines is 3. The molecule has 2 aromatic carbocycles. The highest BCUT2D eigenvalue weighted by Gasteiger charge is 2.34. The number of likely N-dealkylation sites (tertiary alicyclic amines) is 1. The number of aromatic nitrogens is 2. The van der Waals surface area contributed by atoms with E-state index in [4.69, 9.17) is 4.74 Å². The molecule has 0 amide bonds. The predicted octanol–water partition coefficient (Wildman–Crippen LogP) is 6.50. The van der Waals surface area contributed by atoms with Crippen LogP contribution >= 0.6 is 0 Å². The minimum absolute atomic E-state index is 0.00277. The maximum Gasteiger partial charge on any atom is 0.227 e. The fourth-order valence-electron chi connectivity index (χ4n) is 5.52. The van der Waals surface area contributed by atoms with E-state index in [1.54, 1.807) is 18.2 Å². The van der Waals surface area contributed by atoms with Crippen LogP contribution in [0.3, 0.4) is 0 Å². The lowest BCUT2D eigenvalue weighted by molar-refractivity contribution is 0.164. The van der Waals surface area contributed by atoms with Crippen molar-refractivity contribution >= 4 is 17.3 Å². The van der Waals surface area contributed by atoms with Crippen LogP contribution in [-0.2, 0) is 0 Å².